The number of furan rings is 1. The minimum atomic E-state index is -1.26. The summed E-state index contributed by atoms with van der Waals surface area (Å²) in [6, 6.07) is 9.84. The van der Waals surface area contributed by atoms with Crippen LogP contribution in [0.2, 0.25) is 0 Å². The number of benzene rings is 1. The van der Waals surface area contributed by atoms with Gasteiger partial charge in [-0.2, -0.15) is 4.98 Å². The first-order chi connectivity index (χ1) is 13.0. The van der Waals surface area contributed by atoms with Gasteiger partial charge in [0, 0.05) is 5.56 Å². The summed E-state index contributed by atoms with van der Waals surface area (Å²) >= 11 is 0. The second kappa shape index (κ2) is 6.27. The predicted octanol–water partition coefficient (Wildman–Crippen LogP) is 2.31. The highest BCUT2D eigenvalue weighted by molar-refractivity contribution is 6.06. The molecule has 1 unspecified atom stereocenters. The Morgan fingerprint density at radius 1 is 1.22 bits per heavy atom. The van der Waals surface area contributed by atoms with Gasteiger partial charge < -0.3 is 19.0 Å². The van der Waals surface area contributed by atoms with E-state index in [2.05, 4.69) is 15.5 Å². The monoisotopic (exact) mass is 368 g/mol. The van der Waals surface area contributed by atoms with Gasteiger partial charge in [0.2, 0.25) is 0 Å². The maximum atomic E-state index is 12.8. The average Bonchev–Trinajstić information content (AvgIpc) is 3.41. The smallest absolute Gasteiger partial charge is 0.325 e. The summed E-state index contributed by atoms with van der Waals surface area (Å²) in [5, 5.41) is 6.51. The molecule has 1 atom stereocenters. The summed E-state index contributed by atoms with van der Waals surface area (Å²) in [5.74, 6) is 1.12. The number of ether oxygens (including phenoxy) is 1. The van der Waals surface area contributed by atoms with Crippen molar-refractivity contribution in [2.75, 3.05) is 7.11 Å². The number of amides is 3. The fourth-order valence-electron chi connectivity index (χ4n) is 2.88. The fourth-order valence-corrected chi connectivity index (χ4v) is 2.88. The standard InChI is InChI=1S/C18H16N4O5/c1-18(13-4-3-9-26-13)16(23)22(17(24)20-18)10-14-19-15(27-21-14)11-5-7-12(25-2)8-6-11/h3-9H,10H2,1-2H3,(H,20,24). The van der Waals surface area contributed by atoms with E-state index in [0.717, 1.165) is 4.90 Å². The number of carbonyl (C=O) groups excluding carboxylic acids is 2. The summed E-state index contributed by atoms with van der Waals surface area (Å²) in [5.41, 5.74) is -0.560. The number of imide groups is 1. The van der Waals surface area contributed by atoms with E-state index in [1.54, 1.807) is 50.4 Å². The molecule has 2 aromatic heterocycles. The summed E-state index contributed by atoms with van der Waals surface area (Å²) < 4.78 is 15.6. The second-order valence-corrected chi connectivity index (χ2v) is 6.17. The molecule has 1 aliphatic heterocycles. The van der Waals surface area contributed by atoms with Crippen molar-refractivity contribution in [1.29, 1.82) is 0 Å². The molecule has 3 heterocycles. The van der Waals surface area contributed by atoms with Crippen molar-refractivity contribution in [3.05, 3.63) is 54.2 Å². The maximum Gasteiger partial charge on any atom is 0.325 e. The predicted molar refractivity (Wildman–Crippen MR) is 91.4 cm³/mol. The zero-order valence-corrected chi connectivity index (χ0v) is 14.6. The normalized spacial score (nSPS) is 19.4. The van der Waals surface area contributed by atoms with Gasteiger partial charge >= 0.3 is 6.03 Å². The molecule has 3 amide bonds. The van der Waals surface area contributed by atoms with Crippen molar-refractivity contribution in [3.63, 3.8) is 0 Å². The molecular weight excluding hydrogens is 352 g/mol. The first-order valence-electron chi connectivity index (χ1n) is 8.16. The zero-order chi connectivity index (χ0) is 19.0. The van der Waals surface area contributed by atoms with Gasteiger partial charge in [-0.05, 0) is 43.3 Å². The highest BCUT2D eigenvalue weighted by atomic mass is 16.5. The lowest BCUT2D eigenvalue weighted by molar-refractivity contribution is -0.132. The molecule has 138 valence electrons. The number of hydrogen-bond donors (Lipinski definition) is 1. The van der Waals surface area contributed by atoms with Crippen LogP contribution >= 0.6 is 0 Å². The van der Waals surface area contributed by atoms with Crippen LogP contribution < -0.4 is 10.1 Å². The number of aromatic nitrogens is 2. The van der Waals surface area contributed by atoms with Gasteiger partial charge in [0.1, 0.15) is 11.5 Å². The number of rotatable bonds is 5. The van der Waals surface area contributed by atoms with Crippen LogP contribution in [0.25, 0.3) is 11.5 Å². The number of hydrogen-bond acceptors (Lipinski definition) is 7. The third-order valence-electron chi connectivity index (χ3n) is 4.39. The Hall–Kier alpha value is -3.62. The van der Waals surface area contributed by atoms with E-state index in [1.165, 1.54) is 6.26 Å². The lowest BCUT2D eigenvalue weighted by Gasteiger charge is -2.18. The van der Waals surface area contributed by atoms with Crippen LogP contribution in [0.5, 0.6) is 5.75 Å². The molecule has 0 spiro atoms. The van der Waals surface area contributed by atoms with E-state index in [4.69, 9.17) is 13.7 Å². The highest BCUT2D eigenvalue weighted by Crippen LogP contribution is 2.30. The largest absolute Gasteiger partial charge is 0.497 e. The van der Waals surface area contributed by atoms with E-state index in [1.807, 2.05) is 0 Å². The van der Waals surface area contributed by atoms with Crippen molar-refractivity contribution in [1.82, 2.24) is 20.4 Å². The fraction of sp³-hybridized carbons (Fsp3) is 0.222. The van der Waals surface area contributed by atoms with Crippen molar-refractivity contribution in [2.45, 2.75) is 19.0 Å². The number of carbonyl (C=O) groups is 2. The number of nitrogens with one attached hydrogen (secondary N) is 1. The topological polar surface area (TPSA) is 111 Å². The van der Waals surface area contributed by atoms with Gasteiger partial charge in [0.15, 0.2) is 11.4 Å². The summed E-state index contributed by atoms with van der Waals surface area (Å²) in [6.45, 7) is 1.48. The maximum absolute atomic E-state index is 12.8. The Balaban J connectivity index is 1.53. The minimum Gasteiger partial charge on any atom is -0.497 e. The van der Waals surface area contributed by atoms with Crippen LogP contribution in [-0.4, -0.2) is 34.1 Å². The van der Waals surface area contributed by atoms with Gasteiger partial charge in [-0.1, -0.05) is 5.16 Å². The van der Waals surface area contributed by atoms with Crippen molar-refractivity contribution < 1.29 is 23.3 Å². The molecule has 1 aliphatic rings. The van der Waals surface area contributed by atoms with Gasteiger partial charge in [0.25, 0.3) is 11.8 Å². The SMILES string of the molecule is COc1ccc(-c2nc(CN3C(=O)NC(C)(c4ccco4)C3=O)no2)cc1. The highest BCUT2D eigenvalue weighted by Gasteiger charge is 2.51. The summed E-state index contributed by atoms with van der Waals surface area (Å²) in [7, 11) is 1.58. The molecule has 4 rings (SSSR count). The molecule has 1 aromatic carbocycles. The van der Waals surface area contributed by atoms with E-state index < -0.39 is 17.5 Å². The Kier molecular flexibility index (Phi) is 3.91. The molecule has 0 aliphatic carbocycles. The molecule has 9 heteroatoms. The quantitative estimate of drug-likeness (QED) is 0.688. The van der Waals surface area contributed by atoms with E-state index in [-0.39, 0.29) is 18.3 Å². The van der Waals surface area contributed by atoms with Crippen LogP contribution in [0.1, 0.15) is 18.5 Å². The van der Waals surface area contributed by atoms with Crippen LogP contribution in [-0.2, 0) is 16.9 Å². The zero-order valence-electron chi connectivity index (χ0n) is 14.6. The van der Waals surface area contributed by atoms with E-state index in [0.29, 0.717) is 17.1 Å². The number of urea groups is 1. The van der Waals surface area contributed by atoms with Crippen molar-refractivity contribution in [2.24, 2.45) is 0 Å². The summed E-state index contributed by atoms with van der Waals surface area (Å²) in [6.07, 6.45) is 1.45. The molecule has 27 heavy (non-hydrogen) atoms. The lowest BCUT2D eigenvalue weighted by Crippen LogP contribution is -2.40. The Bertz CT molecular complexity index is 980. The van der Waals surface area contributed by atoms with Crippen molar-refractivity contribution in [3.8, 4) is 17.2 Å². The lowest BCUT2D eigenvalue weighted by atomic mass is 9.99. The molecule has 1 N–H and O–H groups in total. The molecule has 1 saturated heterocycles. The van der Waals surface area contributed by atoms with Crippen LogP contribution in [0.15, 0.2) is 51.6 Å². The molecule has 9 nitrogen and oxygen atoms in total. The number of methoxy groups -OCH3 is 1. The first kappa shape index (κ1) is 16.8. The van der Waals surface area contributed by atoms with Gasteiger partial charge in [-0.25, -0.2) is 4.79 Å². The van der Waals surface area contributed by atoms with Gasteiger partial charge in [0.05, 0.1) is 19.9 Å². The van der Waals surface area contributed by atoms with Gasteiger partial charge in [-0.3, -0.25) is 9.69 Å². The molecule has 1 fully saturated rings. The molecule has 0 bridgehead atoms. The van der Waals surface area contributed by atoms with E-state index >= 15 is 0 Å². The Morgan fingerprint density at radius 2 is 2.00 bits per heavy atom. The molecular formula is C18H16N4O5. The second-order valence-electron chi connectivity index (χ2n) is 6.17. The van der Waals surface area contributed by atoms with Crippen LogP contribution in [0.3, 0.4) is 0 Å². The molecule has 0 saturated carbocycles. The van der Waals surface area contributed by atoms with Crippen LogP contribution in [0.4, 0.5) is 4.79 Å². The number of nitrogens with zero attached hydrogens (tertiary/aromatic N) is 3. The van der Waals surface area contributed by atoms with Gasteiger partial charge in [-0.15, -0.1) is 0 Å². The van der Waals surface area contributed by atoms with E-state index in [9.17, 15) is 9.59 Å². The third-order valence-corrected chi connectivity index (χ3v) is 4.39. The minimum absolute atomic E-state index is 0.110. The van der Waals surface area contributed by atoms with Crippen molar-refractivity contribution >= 4 is 11.9 Å². The molecule has 3 aromatic rings. The first-order valence-corrected chi connectivity index (χ1v) is 8.16. The average molecular weight is 368 g/mol. The molecule has 0 radical (unpaired) electrons. The third kappa shape index (κ3) is 2.82. The Morgan fingerprint density at radius 3 is 2.67 bits per heavy atom. The Labute approximate surface area is 153 Å². The van der Waals surface area contributed by atoms with Crippen LogP contribution in [0, 0.1) is 0 Å². The summed E-state index contributed by atoms with van der Waals surface area (Å²) in [4.78, 5) is 30.4.